The second-order valence-corrected chi connectivity index (χ2v) is 11.8. The molecule has 5 heteroatoms. The Morgan fingerprint density at radius 2 is 1.68 bits per heavy atom. The van der Waals surface area contributed by atoms with E-state index in [0.717, 1.165) is 29.6 Å². The Bertz CT molecular complexity index is 1440. The van der Waals surface area contributed by atoms with Crippen LogP contribution >= 0.6 is 46.1 Å². The van der Waals surface area contributed by atoms with Crippen molar-refractivity contribution in [1.82, 2.24) is 0 Å². The molecule has 0 aromatic heterocycles. The number of carbonyl (C=O) groups excluding carboxylic acids is 2. The normalized spacial score (nSPS) is 17.5. The molecule has 1 unspecified atom stereocenters. The monoisotopic (exact) mass is 634 g/mol. The number of ketones is 2. The van der Waals surface area contributed by atoms with Gasteiger partial charge in [-0.2, -0.15) is 0 Å². The molecule has 0 N–H and O–H groups in total. The molecule has 4 rings (SSSR count). The van der Waals surface area contributed by atoms with Crippen molar-refractivity contribution in [1.29, 1.82) is 0 Å². The molecule has 0 bridgehead atoms. The van der Waals surface area contributed by atoms with Gasteiger partial charge in [0.2, 0.25) is 0 Å². The highest BCUT2D eigenvalue weighted by Gasteiger charge is 2.33. The topological polar surface area (TPSA) is 34.1 Å². The first kappa shape index (κ1) is 27.4. The Balaban J connectivity index is 1.68. The average Bonchev–Trinajstić information content (AvgIpc) is 3.14. The minimum Gasteiger partial charge on any atom is -0.289 e. The Morgan fingerprint density at radius 1 is 1.00 bits per heavy atom. The maximum absolute atomic E-state index is 13.8. The van der Waals surface area contributed by atoms with E-state index in [2.05, 4.69) is 59.5 Å². The summed E-state index contributed by atoms with van der Waals surface area (Å²) in [6.45, 7) is 7.81. The zero-order valence-electron chi connectivity index (χ0n) is 20.7. The molecule has 0 saturated carbocycles. The predicted octanol–water partition coefficient (Wildman–Crippen LogP) is 9.30. The molecular weight excluding hydrogens is 607 g/mol. The van der Waals surface area contributed by atoms with Crippen LogP contribution in [0.5, 0.6) is 0 Å². The van der Waals surface area contributed by atoms with E-state index in [0.29, 0.717) is 28.2 Å². The first-order chi connectivity index (χ1) is 18.0. The maximum atomic E-state index is 13.8. The van der Waals surface area contributed by atoms with Crippen molar-refractivity contribution in [2.75, 3.05) is 4.43 Å². The lowest BCUT2D eigenvalue weighted by Crippen LogP contribution is -2.22. The highest BCUT2D eigenvalue weighted by molar-refractivity contribution is 14.1. The summed E-state index contributed by atoms with van der Waals surface area (Å²) < 4.78 is 1.01. The number of hydrogen-bond acceptors (Lipinski definition) is 4. The van der Waals surface area contributed by atoms with Gasteiger partial charge in [-0.15, -0.1) is 0 Å². The molecule has 0 spiro atoms. The Labute approximate surface area is 241 Å². The van der Waals surface area contributed by atoms with Crippen LogP contribution in [0.25, 0.3) is 0 Å². The molecule has 0 heterocycles. The van der Waals surface area contributed by atoms with Crippen LogP contribution in [0.4, 0.5) is 0 Å². The first-order valence-electron chi connectivity index (χ1n) is 11.9. The van der Waals surface area contributed by atoms with E-state index >= 15 is 0 Å². The minimum atomic E-state index is -0.102. The van der Waals surface area contributed by atoms with Crippen molar-refractivity contribution in [3.63, 3.8) is 0 Å². The third-order valence-electron chi connectivity index (χ3n) is 5.90. The van der Waals surface area contributed by atoms with Crippen LogP contribution in [-0.2, 0) is 0 Å². The van der Waals surface area contributed by atoms with Crippen LogP contribution in [0.1, 0.15) is 45.7 Å². The van der Waals surface area contributed by atoms with Gasteiger partial charge >= 0.3 is 0 Å². The lowest BCUT2D eigenvalue weighted by Gasteiger charge is -2.22. The number of carbonyl (C=O) groups is 2. The Morgan fingerprint density at radius 3 is 2.32 bits per heavy atom. The lowest BCUT2D eigenvalue weighted by atomic mass is 9.84. The molecule has 2 nitrogen and oxygen atoms in total. The van der Waals surface area contributed by atoms with E-state index in [9.17, 15) is 9.59 Å². The van der Waals surface area contributed by atoms with Gasteiger partial charge in [0, 0.05) is 47.3 Å². The molecule has 2 aliphatic rings. The summed E-state index contributed by atoms with van der Waals surface area (Å²) in [5.41, 5.74) is 2.93. The van der Waals surface area contributed by atoms with Gasteiger partial charge in [0.05, 0.1) is 0 Å². The van der Waals surface area contributed by atoms with Crippen LogP contribution in [-0.4, -0.2) is 16.0 Å². The molecule has 2 aromatic rings. The van der Waals surface area contributed by atoms with Gasteiger partial charge in [-0.1, -0.05) is 132 Å². The molecule has 37 heavy (non-hydrogen) atoms. The van der Waals surface area contributed by atoms with Gasteiger partial charge in [-0.05, 0) is 42.5 Å². The molecule has 0 amide bonds. The second kappa shape index (κ2) is 12.8. The molecular formula is C32H27IO2S2. The molecule has 2 aliphatic carbocycles. The fraction of sp³-hybridized carbons (Fsp3) is 0.125. The first-order valence-corrected chi connectivity index (χ1v) is 15.1. The number of thioether (sulfide) groups is 2. The van der Waals surface area contributed by atoms with Crippen molar-refractivity contribution < 1.29 is 9.59 Å². The number of rotatable bonds is 8. The van der Waals surface area contributed by atoms with Crippen molar-refractivity contribution >= 4 is 57.7 Å². The number of fused-ring (bicyclic) bond motifs is 2. The quantitative estimate of drug-likeness (QED) is 0.107. The SMILES string of the molecule is C=CC(/C=C/C)=C\C=C(/C)Sc1cccc2c1C(=O)c1cccc(SC3=CC=CC(CI)C=C3)c1C2=O. The van der Waals surface area contributed by atoms with Gasteiger partial charge in [0.1, 0.15) is 0 Å². The molecule has 1 atom stereocenters. The maximum Gasteiger partial charge on any atom is 0.195 e. The minimum absolute atomic E-state index is 0.0995. The lowest BCUT2D eigenvalue weighted by molar-refractivity contribution is 0.0974. The number of alkyl halides is 1. The average molecular weight is 635 g/mol. The number of allylic oxidation sites excluding steroid dienone is 12. The van der Waals surface area contributed by atoms with Gasteiger partial charge in [0.25, 0.3) is 0 Å². The van der Waals surface area contributed by atoms with Crippen LogP contribution in [0, 0.1) is 5.92 Å². The molecule has 2 aromatic carbocycles. The number of hydrogen-bond donors (Lipinski definition) is 0. The van der Waals surface area contributed by atoms with Crippen LogP contribution < -0.4 is 0 Å². The molecule has 0 radical (unpaired) electrons. The standard InChI is InChI=1S/C32H27IO2S2/c1-4-9-22(5-2)17-16-21(3)36-27-14-7-12-25-29(27)31(34)26-13-8-15-28(30(26)32(25)35)37-24-11-6-10-23(20-33)18-19-24/h4-19,23H,2,20H2,1,3H3/b9-4+,21-16+,22-17+. The summed E-state index contributed by atoms with van der Waals surface area (Å²) in [6, 6.07) is 11.1. The van der Waals surface area contributed by atoms with Crippen molar-refractivity contribution in [2.24, 2.45) is 5.92 Å². The van der Waals surface area contributed by atoms with Crippen molar-refractivity contribution in [2.45, 2.75) is 23.6 Å². The zero-order valence-corrected chi connectivity index (χ0v) is 24.5. The van der Waals surface area contributed by atoms with E-state index in [1.807, 2.05) is 62.4 Å². The van der Waals surface area contributed by atoms with E-state index in [1.54, 1.807) is 18.2 Å². The van der Waals surface area contributed by atoms with E-state index < -0.39 is 0 Å². The van der Waals surface area contributed by atoms with Crippen LogP contribution in [0.2, 0.25) is 0 Å². The van der Waals surface area contributed by atoms with E-state index in [-0.39, 0.29) is 11.6 Å². The third kappa shape index (κ3) is 6.28. The summed E-state index contributed by atoms with van der Waals surface area (Å²) >= 11 is 5.41. The van der Waals surface area contributed by atoms with Gasteiger partial charge < -0.3 is 0 Å². The summed E-state index contributed by atoms with van der Waals surface area (Å²) in [5.74, 6) is 0.192. The summed E-state index contributed by atoms with van der Waals surface area (Å²) in [6.07, 6.45) is 20.3. The molecule has 0 fully saturated rings. The molecule has 0 aliphatic heterocycles. The number of benzene rings is 2. The van der Waals surface area contributed by atoms with Crippen molar-refractivity contribution in [3.8, 4) is 0 Å². The smallest absolute Gasteiger partial charge is 0.195 e. The second-order valence-electron chi connectivity index (χ2n) is 8.50. The molecule has 0 saturated heterocycles. The number of halogens is 1. The van der Waals surface area contributed by atoms with Crippen LogP contribution in [0.3, 0.4) is 0 Å². The largest absolute Gasteiger partial charge is 0.289 e. The van der Waals surface area contributed by atoms with Gasteiger partial charge in [-0.3, -0.25) is 9.59 Å². The fourth-order valence-corrected chi connectivity index (χ4v) is 6.60. The van der Waals surface area contributed by atoms with E-state index in [1.165, 1.54) is 23.5 Å². The van der Waals surface area contributed by atoms with E-state index in [4.69, 9.17) is 0 Å². The van der Waals surface area contributed by atoms with Crippen molar-refractivity contribution in [3.05, 3.63) is 141 Å². The predicted molar refractivity (Wildman–Crippen MR) is 167 cm³/mol. The Kier molecular flexibility index (Phi) is 9.46. The summed E-state index contributed by atoms with van der Waals surface area (Å²) in [5, 5.41) is 0. The van der Waals surface area contributed by atoms with Gasteiger partial charge in [-0.25, -0.2) is 0 Å². The zero-order chi connectivity index (χ0) is 26.4. The fourth-order valence-electron chi connectivity index (χ4n) is 4.08. The highest BCUT2D eigenvalue weighted by atomic mass is 127. The molecule has 186 valence electrons. The Hall–Kier alpha value is -2.61. The summed E-state index contributed by atoms with van der Waals surface area (Å²) in [4.78, 5) is 31.2. The third-order valence-corrected chi connectivity index (χ3v) is 9.01. The van der Waals surface area contributed by atoms with Crippen LogP contribution in [0.15, 0.2) is 129 Å². The highest BCUT2D eigenvalue weighted by Crippen LogP contribution is 2.41. The van der Waals surface area contributed by atoms with Gasteiger partial charge in [0.15, 0.2) is 11.6 Å². The summed E-state index contributed by atoms with van der Waals surface area (Å²) in [7, 11) is 0.